The number of carbonyl (C=O) groups excluding carboxylic acids is 2. The first-order valence-electron chi connectivity index (χ1n) is 12.6. The van der Waals surface area contributed by atoms with Gasteiger partial charge in [0.2, 0.25) is 11.8 Å². The van der Waals surface area contributed by atoms with Gasteiger partial charge in [0.15, 0.2) is 0 Å². The molecule has 1 aliphatic carbocycles. The molecular formula is C28H32Cl2FN3O3. The second-order valence-corrected chi connectivity index (χ2v) is 13.1. The Balaban J connectivity index is 1.69. The summed E-state index contributed by atoms with van der Waals surface area (Å²) in [4.78, 5) is 27.9. The Labute approximate surface area is 226 Å². The molecule has 4 N–H and O–H groups in total. The zero-order valence-corrected chi connectivity index (χ0v) is 22.8. The average Bonchev–Trinajstić information content (AvgIpc) is 3.22. The molecule has 1 unspecified atom stereocenters. The number of amides is 2. The summed E-state index contributed by atoms with van der Waals surface area (Å²) in [5.41, 5.74) is -0.882. The Hall–Kier alpha value is -2.19. The van der Waals surface area contributed by atoms with E-state index in [0.717, 1.165) is 0 Å². The summed E-state index contributed by atoms with van der Waals surface area (Å²) in [6.07, 6.45) is 1.41. The maximum atomic E-state index is 15.6. The molecule has 37 heavy (non-hydrogen) atoms. The number of hydrogen-bond acceptors (Lipinski definition) is 4. The predicted octanol–water partition coefficient (Wildman–Crippen LogP) is 4.91. The van der Waals surface area contributed by atoms with Crippen molar-refractivity contribution in [1.82, 2.24) is 10.6 Å². The van der Waals surface area contributed by atoms with Crippen LogP contribution in [0.1, 0.15) is 64.0 Å². The lowest BCUT2D eigenvalue weighted by molar-refractivity contribution is -0.127. The molecular weight excluding hydrogens is 516 g/mol. The molecule has 0 radical (unpaired) electrons. The Morgan fingerprint density at radius 2 is 1.81 bits per heavy atom. The van der Waals surface area contributed by atoms with Crippen LogP contribution in [0.25, 0.3) is 0 Å². The summed E-state index contributed by atoms with van der Waals surface area (Å²) in [5, 5.41) is 20.4. The lowest BCUT2D eigenvalue weighted by atomic mass is 9.62. The number of aliphatic hydroxyl groups is 1. The number of fused-ring (bicyclic) bond motifs is 2. The predicted molar refractivity (Wildman–Crippen MR) is 142 cm³/mol. The van der Waals surface area contributed by atoms with E-state index in [0.29, 0.717) is 40.6 Å². The van der Waals surface area contributed by atoms with E-state index in [9.17, 15) is 14.7 Å². The highest BCUT2D eigenvalue weighted by molar-refractivity contribution is 6.31. The lowest BCUT2D eigenvalue weighted by Gasteiger charge is -2.42. The van der Waals surface area contributed by atoms with Gasteiger partial charge in [0.1, 0.15) is 11.2 Å². The van der Waals surface area contributed by atoms with Crippen LogP contribution < -0.4 is 16.0 Å². The van der Waals surface area contributed by atoms with Crippen molar-refractivity contribution in [3.05, 3.63) is 63.4 Å². The zero-order valence-electron chi connectivity index (χ0n) is 21.3. The van der Waals surface area contributed by atoms with Crippen molar-refractivity contribution >= 4 is 40.7 Å². The fourth-order valence-corrected chi connectivity index (χ4v) is 6.89. The zero-order chi connectivity index (χ0) is 26.9. The van der Waals surface area contributed by atoms with Crippen molar-refractivity contribution < 1.29 is 19.1 Å². The van der Waals surface area contributed by atoms with E-state index in [1.54, 1.807) is 25.1 Å². The molecule has 2 aromatic rings. The number of rotatable bonds is 4. The Bertz CT molecular complexity index is 1270. The van der Waals surface area contributed by atoms with Gasteiger partial charge in [0.05, 0.1) is 11.6 Å². The maximum Gasteiger partial charge on any atom is 0.238 e. The first kappa shape index (κ1) is 26.4. The molecule has 2 aliphatic heterocycles. The summed E-state index contributed by atoms with van der Waals surface area (Å²) in [6.45, 7) is 7.93. The molecule has 1 saturated heterocycles. The van der Waals surface area contributed by atoms with Crippen LogP contribution in [-0.4, -0.2) is 40.6 Å². The first-order valence-corrected chi connectivity index (χ1v) is 13.3. The molecule has 0 aromatic heterocycles. The van der Waals surface area contributed by atoms with Crippen LogP contribution in [0.5, 0.6) is 0 Å². The van der Waals surface area contributed by atoms with E-state index in [2.05, 4.69) is 36.7 Å². The molecule has 4 atom stereocenters. The molecule has 2 fully saturated rings. The van der Waals surface area contributed by atoms with E-state index in [1.807, 2.05) is 0 Å². The van der Waals surface area contributed by atoms with Crippen LogP contribution in [0.2, 0.25) is 10.0 Å². The summed E-state index contributed by atoms with van der Waals surface area (Å²) in [7, 11) is 0. The fourth-order valence-electron chi connectivity index (χ4n) is 6.54. The third kappa shape index (κ3) is 4.54. The summed E-state index contributed by atoms with van der Waals surface area (Å²) in [6, 6.07) is 7.84. The highest BCUT2D eigenvalue weighted by atomic mass is 35.5. The highest BCUT2D eigenvalue weighted by Crippen LogP contribution is 2.57. The number of nitrogens with one attached hydrogen (secondary N) is 3. The van der Waals surface area contributed by atoms with Gasteiger partial charge in [0.25, 0.3) is 0 Å². The molecule has 5 rings (SSSR count). The van der Waals surface area contributed by atoms with Crippen molar-refractivity contribution in [1.29, 1.82) is 0 Å². The summed E-state index contributed by atoms with van der Waals surface area (Å²) >= 11 is 12.6. The molecule has 1 saturated carbocycles. The second-order valence-electron chi connectivity index (χ2n) is 12.2. The SMILES string of the molecule is CC(C)(C)C[C@@H]1N[C@@H](C(=O)NC2CC(C)(O)C2)[C@H](c2cc(Cl)ccc2F)C12C(=O)Nc1cc(Cl)ccc12. The highest BCUT2D eigenvalue weighted by Gasteiger charge is 2.66. The molecule has 0 bridgehead atoms. The largest absolute Gasteiger partial charge is 0.390 e. The minimum Gasteiger partial charge on any atom is -0.390 e. The van der Waals surface area contributed by atoms with Crippen molar-refractivity contribution in [3.63, 3.8) is 0 Å². The van der Waals surface area contributed by atoms with Crippen molar-refractivity contribution in [3.8, 4) is 0 Å². The van der Waals surface area contributed by atoms with Gasteiger partial charge < -0.3 is 21.1 Å². The second kappa shape index (κ2) is 8.94. The van der Waals surface area contributed by atoms with Gasteiger partial charge in [-0.2, -0.15) is 0 Å². The quantitative estimate of drug-likeness (QED) is 0.437. The van der Waals surface area contributed by atoms with Crippen LogP contribution in [-0.2, 0) is 15.0 Å². The van der Waals surface area contributed by atoms with Crippen LogP contribution in [0.4, 0.5) is 10.1 Å². The number of hydrogen-bond donors (Lipinski definition) is 4. The van der Waals surface area contributed by atoms with Gasteiger partial charge >= 0.3 is 0 Å². The molecule has 2 amide bonds. The van der Waals surface area contributed by atoms with Crippen molar-refractivity contribution in [2.24, 2.45) is 5.41 Å². The number of anilines is 1. The van der Waals surface area contributed by atoms with E-state index < -0.39 is 34.8 Å². The Kier molecular flexibility index (Phi) is 6.38. The number of halogens is 3. The minimum atomic E-state index is -1.29. The number of benzene rings is 2. The number of carbonyl (C=O) groups is 2. The smallest absolute Gasteiger partial charge is 0.238 e. The topological polar surface area (TPSA) is 90.5 Å². The van der Waals surface area contributed by atoms with Crippen LogP contribution in [0.3, 0.4) is 0 Å². The molecule has 2 heterocycles. The maximum absolute atomic E-state index is 15.6. The molecule has 9 heteroatoms. The first-order chi connectivity index (χ1) is 17.2. The van der Waals surface area contributed by atoms with Crippen molar-refractivity contribution in [2.45, 2.75) is 82.0 Å². The van der Waals surface area contributed by atoms with Gasteiger partial charge in [-0.1, -0.05) is 50.0 Å². The lowest BCUT2D eigenvalue weighted by Crippen LogP contribution is -2.57. The van der Waals surface area contributed by atoms with Gasteiger partial charge in [-0.3, -0.25) is 9.59 Å². The third-order valence-corrected chi connectivity index (χ3v) is 8.39. The summed E-state index contributed by atoms with van der Waals surface area (Å²) < 4.78 is 15.6. The van der Waals surface area contributed by atoms with Gasteiger partial charge in [-0.25, -0.2) is 4.39 Å². The third-order valence-electron chi connectivity index (χ3n) is 7.92. The minimum absolute atomic E-state index is 0.199. The van der Waals surface area contributed by atoms with Crippen LogP contribution in [0.15, 0.2) is 36.4 Å². The standard InChI is InChI=1S/C28H32Cl2FN3O3/c1-26(2,3)13-21-28(18-7-5-15(30)10-20(18)33-25(28)36)22(17-9-14(29)6-8-19(17)31)23(34-21)24(35)32-16-11-27(4,37)12-16/h5-10,16,21-23,34,37H,11-13H2,1-4H3,(H,32,35)(H,33,36)/t16?,21-,22-,23+,27?,28?/m0/s1. The Morgan fingerprint density at radius 3 is 2.46 bits per heavy atom. The average molecular weight is 548 g/mol. The van der Waals surface area contributed by atoms with E-state index >= 15 is 4.39 Å². The monoisotopic (exact) mass is 547 g/mol. The van der Waals surface area contributed by atoms with Crippen LogP contribution >= 0.6 is 23.2 Å². The summed E-state index contributed by atoms with van der Waals surface area (Å²) in [5.74, 6) is -2.07. The van der Waals surface area contributed by atoms with Gasteiger partial charge in [0, 0.05) is 33.7 Å². The van der Waals surface area contributed by atoms with Gasteiger partial charge in [-0.15, -0.1) is 0 Å². The van der Waals surface area contributed by atoms with E-state index in [1.165, 1.54) is 18.2 Å². The fraction of sp³-hybridized carbons (Fsp3) is 0.500. The van der Waals surface area contributed by atoms with Gasteiger partial charge in [-0.05, 0) is 73.1 Å². The molecule has 198 valence electrons. The molecule has 1 spiro atoms. The normalized spacial score (nSPS) is 32.7. The van der Waals surface area contributed by atoms with E-state index in [-0.39, 0.29) is 28.8 Å². The van der Waals surface area contributed by atoms with Crippen LogP contribution in [0, 0.1) is 11.2 Å². The molecule has 6 nitrogen and oxygen atoms in total. The van der Waals surface area contributed by atoms with E-state index in [4.69, 9.17) is 23.2 Å². The molecule has 2 aromatic carbocycles. The Morgan fingerprint density at radius 1 is 1.16 bits per heavy atom. The molecule has 3 aliphatic rings. The van der Waals surface area contributed by atoms with Crippen molar-refractivity contribution in [2.75, 3.05) is 5.32 Å².